The molecule has 1 aliphatic rings. The monoisotopic (exact) mass is 418 g/mol. The van der Waals surface area contributed by atoms with Gasteiger partial charge in [0.2, 0.25) is 5.91 Å². The molecule has 2 amide bonds. The van der Waals surface area contributed by atoms with Crippen LogP contribution in [0.1, 0.15) is 15.9 Å². The Labute approximate surface area is 182 Å². The minimum absolute atomic E-state index is 0.00863. The molecule has 0 aromatic heterocycles. The molecule has 0 bridgehead atoms. The van der Waals surface area contributed by atoms with Crippen LogP contribution < -0.4 is 15.0 Å². The van der Waals surface area contributed by atoms with Gasteiger partial charge in [-0.25, -0.2) is 0 Å². The summed E-state index contributed by atoms with van der Waals surface area (Å²) < 4.78 is 5.14. The summed E-state index contributed by atoms with van der Waals surface area (Å²) in [7, 11) is 1.56. The molecule has 160 valence electrons. The third-order valence-electron chi connectivity index (χ3n) is 5.88. The van der Waals surface area contributed by atoms with Crippen LogP contribution in [0.25, 0.3) is 10.8 Å². The lowest BCUT2D eigenvalue weighted by Gasteiger charge is -2.32. The van der Waals surface area contributed by atoms with Gasteiger partial charge in [0.05, 0.1) is 39.8 Å². The van der Waals surface area contributed by atoms with Gasteiger partial charge in [0.15, 0.2) is 0 Å². The van der Waals surface area contributed by atoms with Crippen LogP contribution in [0.5, 0.6) is 5.75 Å². The van der Waals surface area contributed by atoms with Crippen molar-refractivity contribution in [3.63, 3.8) is 0 Å². The van der Waals surface area contributed by atoms with Crippen molar-refractivity contribution in [2.45, 2.75) is 6.54 Å². The van der Waals surface area contributed by atoms with E-state index in [1.807, 2.05) is 4.90 Å². The normalized spacial score (nSPS) is 14.4. The lowest BCUT2D eigenvalue weighted by atomic mass is 10.0. The first-order valence-corrected chi connectivity index (χ1v) is 10.6. The first-order chi connectivity index (χ1) is 15.1. The number of benzene rings is 3. The number of nitrogens with zero attached hydrogens (tertiary/aromatic N) is 1. The first kappa shape index (κ1) is 20.9. The number of hydrogen-bond acceptors (Lipinski definition) is 3. The Morgan fingerprint density at radius 3 is 2.55 bits per heavy atom. The third-order valence-corrected chi connectivity index (χ3v) is 5.88. The van der Waals surface area contributed by atoms with Gasteiger partial charge in [-0.15, -0.1) is 0 Å². The van der Waals surface area contributed by atoms with Crippen molar-refractivity contribution >= 4 is 22.6 Å². The van der Waals surface area contributed by atoms with Crippen LogP contribution in [-0.4, -0.2) is 56.5 Å². The predicted molar refractivity (Wildman–Crippen MR) is 120 cm³/mol. The smallest absolute Gasteiger partial charge is 0.251 e. The van der Waals surface area contributed by atoms with Crippen molar-refractivity contribution in [1.29, 1.82) is 0 Å². The van der Waals surface area contributed by atoms with E-state index in [-0.39, 0.29) is 18.4 Å². The van der Waals surface area contributed by atoms with E-state index in [4.69, 9.17) is 4.74 Å². The molecule has 0 atom stereocenters. The zero-order valence-corrected chi connectivity index (χ0v) is 17.8. The van der Waals surface area contributed by atoms with Crippen LogP contribution in [0, 0.1) is 0 Å². The number of hydrogen-bond donors (Lipinski definition) is 2. The molecule has 3 aromatic carbocycles. The molecule has 0 spiro atoms. The van der Waals surface area contributed by atoms with Gasteiger partial charge < -0.3 is 19.9 Å². The molecule has 31 heavy (non-hydrogen) atoms. The van der Waals surface area contributed by atoms with E-state index in [0.717, 1.165) is 19.6 Å². The number of carbonyl (C=O) groups is 2. The van der Waals surface area contributed by atoms with E-state index < -0.39 is 0 Å². The highest BCUT2D eigenvalue weighted by atomic mass is 16.5. The van der Waals surface area contributed by atoms with Gasteiger partial charge in [0.25, 0.3) is 5.91 Å². The summed E-state index contributed by atoms with van der Waals surface area (Å²) in [6, 6.07) is 21.8. The van der Waals surface area contributed by atoms with Crippen LogP contribution in [0.3, 0.4) is 0 Å². The van der Waals surface area contributed by atoms with Crippen molar-refractivity contribution in [2.24, 2.45) is 0 Å². The highest BCUT2D eigenvalue weighted by molar-refractivity contribution is 5.96. The molecular weight excluding hydrogens is 390 g/mol. The molecule has 4 rings (SSSR count). The van der Waals surface area contributed by atoms with E-state index in [1.165, 1.54) is 21.2 Å². The van der Waals surface area contributed by atoms with Crippen molar-refractivity contribution < 1.29 is 19.2 Å². The second-order valence-corrected chi connectivity index (χ2v) is 7.86. The van der Waals surface area contributed by atoms with Crippen molar-refractivity contribution in [1.82, 2.24) is 10.2 Å². The quantitative estimate of drug-likeness (QED) is 0.638. The number of ether oxygens (including phenoxy) is 1. The molecule has 0 aliphatic carbocycles. The Morgan fingerprint density at radius 1 is 1.00 bits per heavy atom. The average Bonchev–Trinajstić information content (AvgIpc) is 2.83. The Kier molecular flexibility index (Phi) is 6.48. The lowest BCUT2D eigenvalue weighted by Crippen LogP contribution is -3.13. The van der Waals surface area contributed by atoms with Gasteiger partial charge in [0, 0.05) is 11.1 Å². The van der Waals surface area contributed by atoms with Crippen LogP contribution >= 0.6 is 0 Å². The summed E-state index contributed by atoms with van der Waals surface area (Å²) in [5, 5.41) is 5.29. The molecule has 3 aromatic rings. The Bertz CT molecular complexity index is 1070. The van der Waals surface area contributed by atoms with Crippen LogP contribution in [0.4, 0.5) is 0 Å². The maximum absolute atomic E-state index is 12.6. The van der Waals surface area contributed by atoms with Crippen LogP contribution in [-0.2, 0) is 11.3 Å². The first-order valence-electron chi connectivity index (χ1n) is 10.6. The number of carbonyl (C=O) groups excluding carboxylic acids is 2. The van der Waals surface area contributed by atoms with Crippen molar-refractivity contribution in [2.75, 3.05) is 39.8 Å². The number of nitrogens with one attached hydrogen (secondary N) is 2. The molecule has 0 unspecified atom stereocenters. The maximum Gasteiger partial charge on any atom is 0.251 e. The number of fused-ring (bicyclic) bond motifs is 1. The van der Waals surface area contributed by atoms with E-state index in [2.05, 4.69) is 47.8 Å². The maximum atomic E-state index is 12.6. The summed E-state index contributed by atoms with van der Waals surface area (Å²) in [6.07, 6.45) is 0. The van der Waals surface area contributed by atoms with Gasteiger partial charge in [-0.3, -0.25) is 9.59 Å². The Hall–Kier alpha value is -3.38. The topological polar surface area (TPSA) is 63.1 Å². The SMILES string of the molecule is COc1cccc(C(=O)NCC(=O)N2CC[NH+](Cc3cccc4ccccc34)CC2)c1. The van der Waals surface area contributed by atoms with E-state index in [1.54, 1.807) is 31.4 Å². The fourth-order valence-corrected chi connectivity index (χ4v) is 4.10. The van der Waals surface area contributed by atoms with Crippen LogP contribution in [0.2, 0.25) is 0 Å². The van der Waals surface area contributed by atoms with Crippen molar-refractivity contribution in [3.05, 3.63) is 77.9 Å². The van der Waals surface area contributed by atoms with Gasteiger partial charge >= 0.3 is 0 Å². The summed E-state index contributed by atoms with van der Waals surface area (Å²) in [5.74, 6) is 0.303. The molecule has 1 aliphatic heterocycles. The summed E-state index contributed by atoms with van der Waals surface area (Å²) in [5.41, 5.74) is 1.83. The van der Waals surface area contributed by atoms with Crippen molar-refractivity contribution in [3.8, 4) is 5.75 Å². The number of quaternary nitrogens is 1. The zero-order valence-electron chi connectivity index (χ0n) is 17.8. The second kappa shape index (κ2) is 9.62. The summed E-state index contributed by atoms with van der Waals surface area (Å²) >= 11 is 0. The van der Waals surface area contributed by atoms with E-state index in [9.17, 15) is 9.59 Å². The van der Waals surface area contributed by atoms with Gasteiger partial charge in [-0.1, -0.05) is 48.5 Å². The predicted octanol–water partition coefficient (Wildman–Crippen LogP) is 1.51. The highest BCUT2D eigenvalue weighted by Gasteiger charge is 2.24. The summed E-state index contributed by atoms with van der Waals surface area (Å²) in [6.45, 7) is 4.17. The lowest BCUT2D eigenvalue weighted by molar-refractivity contribution is -0.917. The van der Waals surface area contributed by atoms with Gasteiger partial charge in [0.1, 0.15) is 12.3 Å². The molecule has 0 radical (unpaired) electrons. The van der Waals surface area contributed by atoms with Crippen LogP contribution in [0.15, 0.2) is 66.7 Å². The molecule has 1 heterocycles. The molecule has 6 nitrogen and oxygen atoms in total. The zero-order chi connectivity index (χ0) is 21.6. The molecule has 0 saturated carbocycles. The molecular formula is C25H28N3O3+. The van der Waals surface area contributed by atoms with E-state index in [0.29, 0.717) is 24.4 Å². The van der Waals surface area contributed by atoms with Gasteiger partial charge in [-0.05, 0) is 29.0 Å². The molecule has 1 fully saturated rings. The minimum Gasteiger partial charge on any atom is -0.497 e. The van der Waals surface area contributed by atoms with Gasteiger partial charge in [-0.2, -0.15) is 0 Å². The highest BCUT2D eigenvalue weighted by Crippen LogP contribution is 2.17. The Morgan fingerprint density at radius 2 is 1.74 bits per heavy atom. The second-order valence-electron chi connectivity index (χ2n) is 7.86. The number of piperazine rings is 1. The summed E-state index contributed by atoms with van der Waals surface area (Å²) in [4.78, 5) is 28.2. The number of amides is 2. The standard InChI is InChI=1S/C25H27N3O3/c1-31-22-10-5-8-20(16-22)25(30)26-17-24(29)28-14-12-27(13-15-28)18-21-9-4-7-19-6-2-3-11-23(19)21/h2-11,16H,12-15,17-18H2,1H3,(H,26,30)/p+1. The Balaban J connectivity index is 1.27. The largest absolute Gasteiger partial charge is 0.497 e. The van der Waals surface area contributed by atoms with E-state index >= 15 is 0 Å². The average molecular weight is 419 g/mol. The molecule has 1 saturated heterocycles. The fraction of sp³-hybridized carbons (Fsp3) is 0.280. The minimum atomic E-state index is -0.271. The molecule has 6 heteroatoms. The fourth-order valence-electron chi connectivity index (χ4n) is 4.10. The number of rotatable bonds is 6. The molecule has 2 N–H and O–H groups in total. The number of methoxy groups -OCH3 is 1. The third kappa shape index (κ3) is 5.03.